The predicted molar refractivity (Wildman–Crippen MR) is 78.6 cm³/mol. The monoisotopic (exact) mass is 274 g/mol. The van der Waals surface area contributed by atoms with Crippen molar-refractivity contribution in [2.75, 3.05) is 0 Å². The maximum absolute atomic E-state index is 13.8. The van der Waals surface area contributed by atoms with Gasteiger partial charge in [0, 0.05) is 18.2 Å². The van der Waals surface area contributed by atoms with Crippen LogP contribution in [0.15, 0.2) is 18.2 Å². The second kappa shape index (κ2) is 7.40. The van der Waals surface area contributed by atoms with Crippen LogP contribution in [0.5, 0.6) is 0 Å². The predicted octanol–water partition coefficient (Wildman–Crippen LogP) is 4.15. The van der Waals surface area contributed by atoms with E-state index in [0.717, 1.165) is 5.92 Å². The second-order valence-electron chi connectivity index (χ2n) is 5.81. The van der Waals surface area contributed by atoms with Crippen molar-refractivity contribution < 1.29 is 4.39 Å². The first-order valence-corrected chi connectivity index (χ1v) is 7.64. The Morgan fingerprint density at radius 1 is 1.30 bits per heavy atom. The van der Waals surface area contributed by atoms with Gasteiger partial charge in [-0.25, -0.2) is 4.39 Å². The number of hydrogen-bond acceptors (Lipinski definition) is 2. The summed E-state index contributed by atoms with van der Waals surface area (Å²) >= 11 is 0. The van der Waals surface area contributed by atoms with Crippen LogP contribution in [-0.2, 0) is 6.54 Å². The first-order chi connectivity index (χ1) is 9.72. The second-order valence-corrected chi connectivity index (χ2v) is 5.81. The maximum atomic E-state index is 13.8. The Balaban J connectivity index is 1.80. The fraction of sp³-hybridized carbons (Fsp3) is 0.588. The first-order valence-electron chi connectivity index (χ1n) is 7.64. The molecule has 1 aliphatic carbocycles. The molecule has 0 aliphatic heterocycles. The lowest BCUT2D eigenvalue weighted by atomic mass is 9.83. The number of nitriles is 1. The average molecular weight is 274 g/mol. The van der Waals surface area contributed by atoms with E-state index in [1.165, 1.54) is 44.6 Å². The molecule has 1 aliphatic rings. The van der Waals surface area contributed by atoms with Crippen molar-refractivity contribution in [3.63, 3.8) is 0 Å². The molecule has 0 spiro atoms. The van der Waals surface area contributed by atoms with Crippen LogP contribution in [0.4, 0.5) is 4.39 Å². The Bertz CT molecular complexity index is 470. The molecule has 0 radical (unpaired) electrons. The van der Waals surface area contributed by atoms with E-state index in [1.54, 1.807) is 12.1 Å². The molecular formula is C17H23FN2. The third-order valence-corrected chi connectivity index (χ3v) is 4.31. The minimum atomic E-state index is -0.281. The molecule has 2 rings (SSSR count). The number of benzene rings is 1. The van der Waals surface area contributed by atoms with E-state index < -0.39 is 0 Å². The molecule has 3 heteroatoms. The van der Waals surface area contributed by atoms with Gasteiger partial charge in [0.15, 0.2) is 0 Å². The largest absolute Gasteiger partial charge is 0.310 e. The van der Waals surface area contributed by atoms with Gasteiger partial charge in [-0.1, -0.05) is 25.8 Å². The van der Waals surface area contributed by atoms with E-state index in [1.807, 2.05) is 6.07 Å². The van der Waals surface area contributed by atoms with E-state index in [2.05, 4.69) is 12.2 Å². The normalized spacial score (nSPS) is 22.4. The number of nitrogens with zero attached hydrogens (tertiary/aromatic N) is 1. The standard InChI is InChI=1S/C17H23FN2/c1-2-3-13-5-8-16(9-6-13)20-12-15-7-4-14(11-19)10-17(15)18/h4,7,10,13,16,20H,2-3,5-6,8-9,12H2,1H3. The van der Waals surface area contributed by atoms with E-state index >= 15 is 0 Å². The highest BCUT2D eigenvalue weighted by molar-refractivity contribution is 5.32. The topological polar surface area (TPSA) is 35.8 Å². The molecular weight excluding hydrogens is 251 g/mol. The molecule has 1 saturated carbocycles. The lowest BCUT2D eigenvalue weighted by Gasteiger charge is -2.29. The van der Waals surface area contributed by atoms with Crippen molar-refractivity contribution in [3.8, 4) is 6.07 Å². The molecule has 1 fully saturated rings. The van der Waals surface area contributed by atoms with E-state index in [0.29, 0.717) is 23.7 Å². The Morgan fingerprint density at radius 2 is 2.05 bits per heavy atom. The summed E-state index contributed by atoms with van der Waals surface area (Å²) in [6, 6.07) is 7.17. The quantitative estimate of drug-likeness (QED) is 0.875. The molecule has 108 valence electrons. The molecule has 1 aromatic rings. The van der Waals surface area contributed by atoms with Crippen LogP contribution in [0.3, 0.4) is 0 Å². The molecule has 1 N–H and O–H groups in total. The van der Waals surface area contributed by atoms with Gasteiger partial charge in [-0.15, -0.1) is 0 Å². The minimum absolute atomic E-state index is 0.281. The van der Waals surface area contributed by atoms with Crippen molar-refractivity contribution >= 4 is 0 Å². The Morgan fingerprint density at radius 3 is 2.65 bits per heavy atom. The van der Waals surface area contributed by atoms with E-state index in [9.17, 15) is 4.39 Å². The lowest BCUT2D eigenvalue weighted by Crippen LogP contribution is -2.33. The third-order valence-electron chi connectivity index (χ3n) is 4.31. The zero-order valence-corrected chi connectivity index (χ0v) is 12.2. The first kappa shape index (κ1) is 15.0. The van der Waals surface area contributed by atoms with Crippen LogP contribution < -0.4 is 5.32 Å². The maximum Gasteiger partial charge on any atom is 0.129 e. The summed E-state index contributed by atoms with van der Waals surface area (Å²) < 4.78 is 13.8. The molecule has 1 aromatic carbocycles. The van der Waals surface area contributed by atoms with Gasteiger partial charge in [0.1, 0.15) is 5.82 Å². The highest BCUT2D eigenvalue weighted by Gasteiger charge is 2.20. The Labute approximate surface area is 121 Å². The molecule has 0 atom stereocenters. The van der Waals surface area contributed by atoms with E-state index in [4.69, 9.17) is 5.26 Å². The average Bonchev–Trinajstić information content (AvgIpc) is 2.48. The van der Waals surface area contributed by atoms with Crippen molar-refractivity contribution in [2.24, 2.45) is 5.92 Å². The van der Waals surface area contributed by atoms with Gasteiger partial charge in [0.05, 0.1) is 11.6 Å². The van der Waals surface area contributed by atoms with Crippen LogP contribution in [0, 0.1) is 23.1 Å². The summed E-state index contributed by atoms with van der Waals surface area (Å²) in [5.74, 6) is 0.612. The Hall–Kier alpha value is -1.40. The van der Waals surface area contributed by atoms with Crippen molar-refractivity contribution in [1.29, 1.82) is 5.26 Å². The van der Waals surface area contributed by atoms with Gasteiger partial charge in [-0.2, -0.15) is 5.26 Å². The summed E-state index contributed by atoms with van der Waals surface area (Å²) in [5, 5.41) is 12.2. The number of halogens is 1. The lowest BCUT2D eigenvalue weighted by molar-refractivity contribution is 0.277. The third kappa shape index (κ3) is 4.05. The fourth-order valence-electron chi connectivity index (χ4n) is 3.08. The molecule has 0 aromatic heterocycles. The Kier molecular flexibility index (Phi) is 5.55. The van der Waals surface area contributed by atoms with Gasteiger partial charge in [-0.3, -0.25) is 0 Å². The van der Waals surface area contributed by atoms with Crippen molar-refractivity contribution in [3.05, 3.63) is 35.1 Å². The summed E-state index contributed by atoms with van der Waals surface area (Å²) in [6.07, 6.45) is 7.60. The number of hydrogen-bond donors (Lipinski definition) is 1. The van der Waals surface area contributed by atoms with Crippen molar-refractivity contribution in [1.82, 2.24) is 5.32 Å². The SMILES string of the molecule is CCCC1CCC(NCc2ccc(C#N)cc2F)CC1. The van der Waals surface area contributed by atoms with E-state index in [-0.39, 0.29) is 5.82 Å². The zero-order chi connectivity index (χ0) is 14.4. The van der Waals surface area contributed by atoms with Gasteiger partial charge in [-0.05, 0) is 43.7 Å². The fourth-order valence-corrected chi connectivity index (χ4v) is 3.08. The van der Waals surface area contributed by atoms with Crippen LogP contribution in [-0.4, -0.2) is 6.04 Å². The van der Waals surface area contributed by atoms with Crippen molar-refractivity contribution in [2.45, 2.75) is 58.0 Å². The highest BCUT2D eigenvalue weighted by atomic mass is 19.1. The molecule has 0 saturated heterocycles. The molecule has 0 unspecified atom stereocenters. The molecule has 2 nitrogen and oxygen atoms in total. The minimum Gasteiger partial charge on any atom is -0.310 e. The number of rotatable bonds is 5. The summed E-state index contributed by atoms with van der Waals surface area (Å²) in [7, 11) is 0. The summed E-state index contributed by atoms with van der Waals surface area (Å²) in [5.41, 5.74) is 1.03. The molecule has 0 amide bonds. The molecule has 0 heterocycles. The highest BCUT2D eigenvalue weighted by Crippen LogP contribution is 2.27. The van der Waals surface area contributed by atoms with Gasteiger partial charge < -0.3 is 5.32 Å². The zero-order valence-electron chi connectivity index (χ0n) is 12.2. The van der Waals surface area contributed by atoms with Gasteiger partial charge >= 0.3 is 0 Å². The smallest absolute Gasteiger partial charge is 0.129 e. The van der Waals surface area contributed by atoms with Gasteiger partial charge in [0.25, 0.3) is 0 Å². The number of nitrogens with one attached hydrogen (secondary N) is 1. The molecule has 20 heavy (non-hydrogen) atoms. The molecule has 0 bridgehead atoms. The summed E-state index contributed by atoms with van der Waals surface area (Å²) in [6.45, 7) is 2.80. The van der Waals surface area contributed by atoms with Crippen LogP contribution in [0.25, 0.3) is 0 Å². The van der Waals surface area contributed by atoms with Crippen LogP contribution >= 0.6 is 0 Å². The summed E-state index contributed by atoms with van der Waals surface area (Å²) in [4.78, 5) is 0. The van der Waals surface area contributed by atoms with Crippen LogP contribution in [0.2, 0.25) is 0 Å². The van der Waals surface area contributed by atoms with Gasteiger partial charge in [0.2, 0.25) is 0 Å². The van der Waals surface area contributed by atoms with Crippen LogP contribution in [0.1, 0.15) is 56.6 Å².